The molecular formula is C14H26N4. The Morgan fingerprint density at radius 1 is 1.44 bits per heavy atom. The van der Waals surface area contributed by atoms with E-state index in [1.54, 1.807) is 0 Å². The normalized spacial score (nSPS) is 24.6. The first kappa shape index (κ1) is 13.4. The summed E-state index contributed by atoms with van der Waals surface area (Å²) in [5.41, 5.74) is 7.38. The largest absolute Gasteiger partial charge is 0.341 e. The van der Waals surface area contributed by atoms with Gasteiger partial charge in [-0.3, -0.25) is 0 Å². The second-order valence-electron chi connectivity index (χ2n) is 5.46. The Balaban J connectivity index is 2.18. The fourth-order valence-corrected chi connectivity index (χ4v) is 2.57. The monoisotopic (exact) mass is 250 g/mol. The number of imidazole rings is 1. The van der Waals surface area contributed by atoms with Crippen LogP contribution in [-0.4, -0.2) is 28.7 Å². The number of hydrogen-bond donors (Lipinski definition) is 1. The predicted molar refractivity (Wildman–Crippen MR) is 75.9 cm³/mol. The first-order chi connectivity index (χ1) is 8.65. The van der Waals surface area contributed by atoms with Crippen LogP contribution in [0.25, 0.3) is 0 Å². The van der Waals surface area contributed by atoms with Crippen molar-refractivity contribution < 1.29 is 0 Å². The minimum atomic E-state index is 0.274. The molecule has 0 bridgehead atoms. The van der Waals surface area contributed by atoms with Gasteiger partial charge in [-0.05, 0) is 25.2 Å². The molecule has 0 aliphatic carbocycles. The quantitative estimate of drug-likeness (QED) is 0.889. The molecule has 1 aliphatic rings. The van der Waals surface area contributed by atoms with E-state index in [9.17, 15) is 0 Å². The maximum atomic E-state index is 6.19. The van der Waals surface area contributed by atoms with Crippen LogP contribution >= 0.6 is 0 Å². The minimum absolute atomic E-state index is 0.274. The molecule has 2 atom stereocenters. The molecular weight excluding hydrogens is 224 g/mol. The van der Waals surface area contributed by atoms with Crippen LogP contribution in [0, 0.1) is 5.92 Å². The molecule has 102 valence electrons. The SMILES string of the molecule is CCCn1cc(CC)nc1N1CCC(C)C(N)C1. The van der Waals surface area contributed by atoms with Crippen molar-refractivity contribution >= 4 is 5.95 Å². The molecule has 2 N–H and O–H groups in total. The van der Waals surface area contributed by atoms with Crippen LogP contribution in [-0.2, 0) is 13.0 Å². The van der Waals surface area contributed by atoms with Gasteiger partial charge >= 0.3 is 0 Å². The number of nitrogens with zero attached hydrogens (tertiary/aromatic N) is 3. The first-order valence-electron chi connectivity index (χ1n) is 7.22. The zero-order chi connectivity index (χ0) is 13.1. The number of nitrogens with two attached hydrogens (primary N) is 1. The van der Waals surface area contributed by atoms with Gasteiger partial charge in [0, 0.05) is 31.9 Å². The van der Waals surface area contributed by atoms with Crippen molar-refractivity contribution in [1.82, 2.24) is 9.55 Å². The van der Waals surface area contributed by atoms with E-state index in [0.717, 1.165) is 38.4 Å². The van der Waals surface area contributed by atoms with Crippen LogP contribution in [0.1, 0.15) is 39.3 Å². The van der Waals surface area contributed by atoms with Gasteiger partial charge in [-0.2, -0.15) is 0 Å². The molecule has 0 aromatic carbocycles. The lowest BCUT2D eigenvalue weighted by atomic mass is 9.94. The van der Waals surface area contributed by atoms with Crippen molar-refractivity contribution in [1.29, 1.82) is 0 Å². The second-order valence-corrected chi connectivity index (χ2v) is 5.46. The molecule has 0 saturated carbocycles. The Morgan fingerprint density at radius 3 is 2.83 bits per heavy atom. The van der Waals surface area contributed by atoms with E-state index in [-0.39, 0.29) is 6.04 Å². The molecule has 1 fully saturated rings. The average Bonchev–Trinajstić information content (AvgIpc) is 2.76. The zero-order valence-electron chi connectivity index (χ0n) is 11.9. The van der Waals surface area contributed by atoms with Gasteiger partial charge in [0.05, 0.1) is 5.69 Å². The van der Waals surface area contributed by atoms with Crippen LogP contribution in [0.4, 0.5) is 5.95 Å². The van der Waals surface area contributed by atoms with Crippen molar-refractivity contribution in [3.05, 3.63) is 11.9 Å². The van der Waals surface area contributed by atoms with Crippen molar-refractivity contribution in [3.63, 3.8) is 0 Å². The number of rotatable bonds is 4. The fourth-order valence-electron chi connectivity index (χ4n) is 2.57. The molecule has 1 aromatic rings. The third-order valence-electron chi connectivity index (χ3n) is 3.93. The molecule has 2 heterocycles. The van der Waals surface area contributed by atoms with Gasteiger partial charge in [-0.15, -0.1) is 0 Å². The predicted octanol–water partition coefficient (Wildman–Crippen LogP) is 2.03. The lowest BCUT2D eigenvalue weighted by Crippen LogP contribution is -2.48. The summed E-state index contributed by atoms with van der Waals surface area (Å²) in [5, 5.41) is 0. The van der Waals surface area contributed by atoms with Gasteiger partial charge in [0.2, 0.25) is 5.95 Å². The van der Waals surface area contributed by atoms with Crippen molar-refractivity contribution in [2.75, 3.05) is 18.0 Å². The first-order valence-corrected chi connectivity index (χ1v) is 7.22. The zero-order valence-corrected chi connectivity index (χ0v) is 11.9. The Bertz CT molecular complexity index is 385. The fraction of sp³-hybridized carbons (Fsp3) is 0.786. The molecule has 1 saturated heterocycles. The summed E-state index contributed by atoms with van der Waals surface area (Å²) in [6.45, 7) is 9.68. The van der Waals surface area contributed by atoms with E-state index in [1.165, 1.54) is 12.1 Å². The van der Waals surface area contributed by atoms with Crippen LogP contribution in [0.5, 0.6) is 0 Å². The Kier molecular flexibility index (Phi) is 4.27. The Labute approximate surface area is 110 Å². The number of aromatic nitrogens is 2. The third kappa shape index (κ3) is 2.69. The molecule has 1 aliphatic heterocycles. The van der Waals surface area contributed by atoms with E-state index in [1.807, 2.05) is 0 Å². The summed E-state index contributed by atoms with van der Waals surface area (Å²) in [6, 6.07) is 0.274. The summed E-state index contributed by atoms with van der Waals surface area (Å²) in [6.07, 6.45) is 5.51. The lowest BCUT2D eigenvalue weighted by molar-refractivity contribution is 0.374. The van der Waals surface area contributed by atoms with Gasteiger partial charge in [-0.1, -0.05) is 20.8 Å². The molecule has 2 rings (SSSR count). The Morgan fingerprint density at radius 2 is 2.22 bits per heavy atom. The van der Waals surface area contributed by atoms with Crippen molar-refractivity contribution in [3.8, 4) is 0 Å². The van der Waals surface area contributed by atoms with Crippen molar-refractivity contribution in [2.24, 2.45) is 11.7 Å². The van der Waals surface area contributed by atoms with Crippen LogP contribution in [0.2, 0.25) is 0 Å². The van der Waals surface area contributed by atoms with Crippen molar-refractivity contribution in [2.45, 2.75) is 52.6 Å². The molecule has 0 radical (unpaired) electrons. The topological polar surface area (TPSA) is 47.1 Å². The second kappa shape index (κ2) is 5.74. The number of piperidine rings is 1. The molecule has 0 spiro atoms. The highest BCUT2D eigenvalue weighted by molar-refractivity contribution is 5.35. The van der Waals surface area contributed by atoms with E-state index in [2.05, 4.69) is 36.4 Å². The standard InChI is InChI=1S/C14H26N4/c1-4-7-17-9-12(5-2)16-14(17)18-8-6-11(3)13(15)10-18/h9,11,13H,4-8,10,15H2,1-3H3. The summed E-state index contributed by atoms with van der Waals surface area (Å²) in [5.74, 6) is 1.75. The van der Waals surface area contributed by atoms with E-state index >= 15 is 0 Å². The molecule has 18 heavy (non-hydrogen) atoms. The van der Waals surface area contributed by atoms with E-state index in [4.69, 9.17) is 10.7 Å². The molecule has 0 amide bonds. The summed E-state index contributed by atoms with van der Waals surface area (Å²) >= 11 is 0. The molecule has 2 unspecified atom stereocenters. The number of anilines is 1. The Hall–Kier alpha value is -1.03. The summed E-state index contributed by atoms with van der Waals surface area (Å²) in [4.78, 5) is 7.12. The highest BCUT2D eigenvalue weighted by Crippen LogP contribution is 2.22. The summed E-state index contributed by atoms with van der Waals surface area (Å²) in [7, 11) is 0. The van der Waals surface area contributed by atoms with Gasteiger partial charge < -0.3 is 15.2 Å². The molecule has 1 aromatic heterocycles. The summed E-state index contributed by atoms with van der Waals surface area (Å²) < 4.78 is 2.29. The van der Waals surface area contributed by atoms with Gasteiger partial charge in [0.25, 0.3) is 0 Å². The molecule has 4 heteroatoms. The van der Waals surface area contributed by atoms with Crippen LogP contribution in [0.3, 0.4) is 0 Å². The van der Waals surface area contributed by atoms with E-state index in [0.29, 0.717) is 5.92 Å². The van der Waals surface area contributed by atoms with Gasteiger partial charge in [0.1, 0.15) is 0 Å². The number of aryl methyl sites for hydroxylation is 2. The maximum Gasteiger partial charge on any atom is 0.205 e. The average molecular weight is 250 g/mol. The van der Waals surface area contributed by atoms with Gasteiger partial charge in [-0.25, -0.2) is 4.98 Å². The smallest absolute Gasteiger partial charge is 0.205 e. The van der Waals surface area contributed by atoms with E-state index < -0.39 is 0 Å². The van der Waals surface area contributed by atoms with Crippen LogP contribution in [0.15, 0.2) is 6.20 Å². The lowest BCUT2D eigenvalue weighted by Gasteiger charge is -2.35. The number of hydrogen-bond acceptors (Lipinski definition) is 3. The van der Waals surface area contributed by atoms with Gasteiger partial charge in [0.15, 0.2) is 0 Å². The highest BCUT2D eigenvalue weighted by Gasteiger charge is 2.25. The maximum absolute atomic E-state index is 6.19. The molecule has 4 nitrogen and oxygen atoms in total. The third-order valence-corrected chi connectivity index (χ3v) is 3.93. The van der Waals surface area contributed by atoms with Crippen LogP contribution < -0.4 is 10.6 Å². The minimum Gasteiger partial charge on any atom is -0.341 e. The highest BCUT2D eigenvalue weighted by atomic mass is 15.3.